The molecule has 0 spiro atoms. The summed E-state index contributed by atoms with van der Waals surface area (Å²) in [6.45, 7) is 9.59. The predicted molar refractivity (Wildman–Crippen MR) is 70.3 cm³/mol. The first-order chi connectivity index (χ1) is 7.59. The lowest BCUT2D eigenvalue weighted by molar-refractivity contribution is 0.374. The van der Waals surface area contributed by atoms with Gasteiger partial charge in [-0.15, -0.1) is 0 Å². The average molecular weight is 219 g/mol. The monoisotopic (exact) mass is 219 g/mol. The molecule has 0 amide bonds. The number of nitrogens with zero attached hydrogens (tertiary/aromatic N) is 1. The Hall–Kier alpha value is -0.720. The molecule has 0 unspecified atom stereocenters. The van der Waals surface area contributed by atoms with Crippen LogP contribution in [0.1, 0.15) is 52.9 Å². The third-order valence-corrected chi connectivity index (χ3v) is 4.14. The van der Waals surface area contributed by atoms with Crippen molar-refractivity contribution >= 4 is 0 Å². The quantitative estimate of drug-likeness (QED) is 0.675. The van der Waals surface area contributed by atoms with E-state index in [-0.39, 0.29) is 0 Å². The highest BCUT2D eigenvalue weighted by Gasteiger charge is 2.26. The van der Waals surface area contributed by atoms with E-state index in [1.165, 1.54) is 45.2 Å². The van der Waals surface area contributed by atoms with Crippen LogP contribution in [0, 0.1) is 5.41 Å². The second kappa shape index (κ2) is 4.65. The van der Waals surface area contributed by atoms with Crippen LogP contribution >= 0.6 is 0 Å². The minimum atomic E-state index is 0.387. The minimum Gasteiger partial charge on any atom is -0.377 e. The van der Waals surface area contributed by atoms with E-state index in [4.69, 9.17) is 0 Å². The van der Waals surface area contributed by atoms with Crippen LogP contribution in [0.15, 0.2) is 23.4 Å². The van der Waals surface area contributed by atoms with Crippen molar-refractivity contribution in [2.75, 3.05) is 13.1 Å². The Labute approximate surface area is 100 Å². The summed E-state index contributed by atoms with van der Waals surface area (Å²) in [5.41, 5.74) is 3.58. The fourth-order valence-electron chi connectivity index (χ4n) is 3.08. The largest absolute Gasteiger partial charge is 0.377 e. The average Bonchev–Trinajstić information content (AvgIpc) is 2.68. The van der Waals surface area contributed by atoms with Crippen LogP contribution in [0.2, 0.25) is 0 Å². The fourth-order valence-corrected chi connectivity index (χ4v) is 3.08. The van der Waals surface area contributed by atoms with Gasteiger partial charge in [0.15, 0.2) is 0 Å². The highest BCUT2D eigenvalue weighted by atomic mass is 15.1. The van der Waals surface area contributed by atoms with Gasteiger partial charge in [0.2, 0.25) is 0 Å². The van der Waals surface area contributed by atoms with Gasteiger partial charge in [0, 0.05) is 13.1 Å². The van der Waals surface area contributed by atoms with Crippen LogP contribution in [0.25, 0.3) is 0 Å². The Balaban J connectivity index is 2.11. The van der Waals surface area contributed by atoms with Gasteiger partial charge in [0.05, 0.1) is 0 Å². The van der Waals surface area contributed by atoms with Crippen LogP contribution in [0.5, 0.6) is 0 Å². The molecule has 1 heterocycles. The van der Waals surface area contributed by atoms with E-state index in [1.54, 1.807) is 11.1 Å². The van der Waals surface area contributed by atoms with Crippen molar-refractivity contribution < 1.29 is 0 Å². The molecule has 0 atom stereocenters. The van der Waals surface area contributed by atoms with Crippen molar-refractivity contribution in [1.29, 1.82) is 0 Å². The van der Waals surface area contributed by atoms with Gasteiger partial charge in [-0.2, -0.15) is 0 Å². The van der Waals surface area contributed by atoms with Crippen LogP contribution in [-0.2, 0) is 0 Å². The molecule has 0 aromatic rings. The van der Waals surface area contributed by atoms with Gasteiger partial charge in [0.25, 0.3) is 0 Å². The normalized spacial score (nSPS) is 25.8. The molecular formula is C15H25N. The summed E-state index contributed by atoms with van der Waals surface area (Å²) in [4.78, 5) is 2.46. The zero-order chi connectivity index (χ0) is 11.6. The lowest BCUT2D eigenvalue weighted by atomic mass is 9.73. The maximum Gasteiger partial charge on any atom is 0.0173 e. The molecule has 1 aliphatic heterocycles. The summed E-state index contributed by atoms with van der Waals surface area (Å²) in [5.74, 6) is 0. The molecule has 1 nitrogen and oxygen atoms in total. The third-order valence-electron chi connectivity index (χ3n) is 4.14. The maximum atomic E-state index is 2.46. The molecule has 0 bridgehead atoms. The number of likely N-dealkylation sites (tertiary alicyclic amines) is 1. The standard InChI is InChI=1S/C15H25N/c1-13-7-6-9-15(2,3)14(13)8-12-16-10-4-5-11-16/h8,12H,4-7,9-11H2,1-3H3. The highest BCUT2D eigenvalue weighted by molar-refractivity contribution is 5.32. The second-order valence-corrected chi connectivity index (χ2v) is 5.99. The first-order valence-electron chi connectivity index (χ1n) is 6.72. The van der Waals surface area contributed by atoms with E-state index in [0.29, 0.717) is 5.41 Å². The van der Waals surface area contributed by atoms with Gasteiger partial charge in [-0.05, 0) is 62.3 Å². The SMILES string of the molecule is CC1=C(C=CN2CCCC2)C(C)(C)CCC1. The zero-order valence-corrected chi connectivity index (χ0v) is 11.1. The number of allylic oxidation sites excluding steroid dienone is 3. The molecule has 2 aliphatic rings. The molecule has 16 heavy (non-hydrogen) atoms. The molecule has 1 aliphatic carbocycles. The van der Waals surface area contributed by atoms with E-state index in [1.807, 2.05) is 0 Å². The van der Waals surface area contributed by atoms with Gasteiger partial charge < -0.3 is 4.90 Å². The number of rotatable bonds is 2. The van der Waals surface area contributed by atoms with Crippen molar-refractivity contribution in [3.05, 3.63) is 23.4 Å². The summed E-state index contributed by atoms with van der Waals surface area (Å²) in [6.07, 6.45) is 11.4. The van der Waals surface area contributed by atoms with Gasteiger partial charge in [-0.3, -0.25) is 0 Å². The zero-order valence-electron chi connectivity index (χ0n) is 11.1. The van der Waals surface area contributed by atoms with Gasteiger partial charge >= 0.3 is 0 Å². The maximum absolute atomic E-state index is 2.46. The second-order valence-electron chi connectivity index (χ2n) is 5.99. The van der Waals surface area contributed by atoms with Gasteiger partial charge in [-0.25, -0.2) is 0 Å². The Bertz CT molecular complexity index is 303. The lowest BCUT2D eigenvalue weighted by Gasteiger charge is -2.33. The Morgan fingerprint density at radius 2 is 1.81 bits per heavy atom. The molecule has 0 radical (unpaired) electrons. The summed E-state index contributed by atoms with van der Waals surface area (Å²) < 4.78 is 0. The summed E-state index contributed by atoms with van der Waals surface area (Å²) in [6, 6.07) is 0. The van der Waals surface area contributed by atoms with Crippen LogP contribution < -0.4 is 0 Å². The fraction of sp³-hybridized carbons (Fsp3) is 0.733. The molecule has 1 heteroatoms. The molecule has 0 aromatic carbocycles. The molecule has 0 aromatic heterocycles. The molecular weight excluding hydrogens is 194 g/mol. The topological polar surface area (TPSA) is 3.24 Å². The minimum absolute atomic E-state index is 0.387. The van der Waals surface area contributed by atoms with Gasteiger partial charge in [0.1, 0.15) is 0 Å². The van der Waals surface area contributed by atoms with Crippen LogP contribution in [0.3, 0.4) is 0 Å². The highest BCUT2D eigenvalue weighted by Crippen LogP contribution is 2.40. The van der Waals surface area contributed by atoms with Crippen LogP contribution in [-0.4, -0.2) is 18.0 Å². The predicted octanol–water partition coefficient (Wildman–Crippen LogP) is 4.12. The molecule has 1 fully saturated rings. The van der Waals surface area contributed by atoms with Crippen LogP contribution in [0.4, 0.5) is 0 Å². The van der Waals surface area contributed by atoms with Crippen molar-refractivity contribution in [1.82, 2.24) is 4.90 Å². The van der Waals surface area contributed by atoms with E-state index in [9.17, 15) is 0 Å². The van der Waals surface area contributed by atoms with E-state index in [2.05, 4.69) is 37.9 Å². The Morgan fingerprint density at radius 1 is 1.12 bits per heavy atom. The first-order valence-corrected chi connectivity index (χ1v) is 6.72. The first kappa shape index (κ1) is 11.8. The van der Waals surface area contributed by atoms with Crippen molar-refractivity contribution in [3.8, 4) is 0 Å². The molecule has 0 saturated carbocycles. The number of hydrogen-bond acceptors (Lipinski definition) is 1. The summed E-state index contributed by atoms with van der Waals surface area (Å²) in [5, 5.41) is 0. The third kappa shape index (κ3) is 2.50. The molecule has 1 saturated heterocycles. The summed E-state index contributed by atoms with van der Waals surface area (Å²) in [7, 11) is 0. The molecule has 2 rings (SSSR count). The van der Waals surface area contributed by atoms with E-state index < -0.39 is 0 Å². The Kier molecular flexibility index (Phi) is 3.41. The van der Waals surface area contributed by atoms with Crippen molar-refractivity contribution in [2.45, 2.75) is 52.9 Å². The Morgan fingerprint density at radius 3 is 2.44 bits per heavy atom. The van der Waals surface area contributed by atoms with Crippen molar-refractivity contribution in [2.24, 2.45) is 5.41 Å². The van der Waals surface area contributed by atoms with Crippen molar-refractivity contribution in [3.63, 3.8) is 0 Å². The molecule has 0 N–H and O–H groups in total. The molecule has 90 valence electrons. The number of hydrogen-bond donors (Lipinski definition) is 0. The lowest BCUT2D eigenvalue weighted by Crippen LogP contribution is -2.20. The smallest absolute Gasteiger partial charge is 0.0173 e. The van der Waals surface area contributed by atoms with E-state index >= 15 is 0 Å². The van der Waals surface area contributed by atoms with E-state index in [0.717, 1.165) is 0 Å². The summed E-state index contributed by atoms with van der Waals surface area (Å²) >= 11 is 0. The van der Waals surface area contributed by atoms with Gasteiger partial charge in [-0.1, -0.05) is 19.4 Å².